The fourth-order valence-electron chi connectivity index (χ4n) is 1.00. The molecule has 0 fully saturated rings. The third kappa shape index (κ3) is 2.15. The van der Waals surface area contributed by atoms with Crippen LogP contribution in [0.25, 0.3) is 0 Å². The van der Waals surface area contributed by atoms with Gasteiger partial charge in [0.1, 0.15) is 5.82 Å². The number of carbonyl (C=O) groups is 1. The molecule has 0 aliphatic carbocycles. The Morgan fingerprint density at radius 2 is 1.93 bits per heavy atom. The van der Waals surface area contributed by atoms with Crippen LogP contribution in [0.15, 0.2) is 18.2 Å². The summed E-state index contributed by atoms with van der Waals surface area (Å²) in [4.78, 5) is 10.9. The van der Waals surface area contributed by atoms with Gasteiger partial charge in [0.05, 0.1) is 11.1 Å². The van der Waals surface area contributed by atoms with Crippen LogP contribution in [0, 0.1) is 18.2 Å². The first-order valence-electron chi connectivity index (χ1n) is 3.74. The Morgan fingerprint density at radius 1 is 1.33 bits per heavy atom. The lowest BCUT2D eigenvalue weighted by atomic mass is 10.1. The molecular formula is C10H4F4O. The van der Waals surface area contributed by atoms with E-state index in [0.717, 1.165) is 12.1 Å². The molecule has 0 bridgehead atoms. The predicted molar refractivity (Wildman–Crippen MR) is 44.6 cm³/mol. The molecule has 0 aliphatic heterocycles. The van der Waals surface area contributed by atoms with E-state index >= 15 is 0 Å². The van der Waals surface area contributed by atoms with Gasteiger partial charge in [-0.3, -0.25) is 4.79 Å². The summed E-state index contributed by atoms with van der Waals surface area (Å²) in [7, 11) is 0. The zero-order valence-corrected chi connectivity index (χ0v) is 7.23. The Hall–Kier alpha value is -1.83. The van der Waals surface area contributed by atoms with Gasteiger partial charge in [0.2, 0.25) is 5.78 Å². The van der Waals surface area contributed by atoms with Crippen molar-refractivity contribution in [2.75, 3.05) is 0 Å². The SMILES string of the molecule is C#CC(=O)c1cccc(C(F)(F)F)c1F. The minimum atomic E-state index is -4.84. The highest BCUT2D eigenvalue weighted by Gasteiger charge is 2.35. The second kappa shape index (κ2) is 3.73. The summed E-state index contributed by atoms with van der Waals surface area (Å²) in [6.45, 7) is 0. The van der Waals surface area contributed by atoms with Gasteiger partial charge in [0.25, 0.3) is 0 Å². The fraction of sp³-hybridized carbons (Fsp3) is 0.100. The third-order valence-electron chi connectivity index (χ3n) is 1.68. The minimum absolute atomic E-state index is 0.544. The van der Waals surface area contributed by atoms with Crippen LogP contribution in [0.3, 0.4) is 0 Å². The molecule has 0 unspecified atom stereocenters. The molecule has 78 valence electrons. The summed E-state index contributed by atoms with van der Waals surface area (Å²) in [6.07, 6.45) is -0.154. The smallest absolute Gasteiger partial charge is 0.279 e. The van der Waals surface area contributed by atoms with Crippen LogP contribution in [0.5, 0.6) is 0 Å². The van der Waals surface area contributed by atoms with Gasteiger partial charge < -0.3 is 0 Å². The first kappa shape index (κ1) is 11.2. The maximum Gasteiger partial charge on any atom is 0.419 e. The van der Waals surface area contributed by atoms with Crippen molar-refractivity contribution in [3.05, 3.63) is 35.1 Å². The number of alkyl halides is 3. The molecule has 0 saturated heterocycles. The molecule has 0 atom stereocenters. The van der Waals surface area contributed by atoms with E-state index in [4.69, 9.17) is 0 Å². The number of Topliss-reactive ketones (excluding diaryl/α,β-unsaturated/α-hetero) is 1. The molecular weight excluding hydrogens is 212 g/mol. The Morgan fingerprint density at radius 3 is 2.40 bits per heavy atom. The summed E-state index contributed by atoms with van der Waals surface area (Å²) in [5.41, 5.74) is -2.24. The van der Waals surface area contributed by atoms with Gasteiger partial charge in [-0.15, -0.1) is 6.42 Å². The van der Waals surface area contributed by atoms with E-state index in [9.17, 15) is 22.4 Å². The molecule has 1 aromatic carbocycles. The normalized spacial score (nSPS) is 10.9. The number of terminal acetylenes is 1. The molecule has 15 heavy (non-hydrogen) atoms. The lowest BCUT2D eigenvalue weighted by Crippen LogP contribution is -2.11. The van der Waals surface area contributed by atoms with Crippen molar-refractivity contribution in [2.24, 2.45) is 0 Å². The minimum Gasteiger partial charge on any atom is -0.279 e. The highest BCUT2D eigenvalue weighted by atomic mass is 19.4. The fourth-order valence-corrected chi connectivity index (χ4v) is 1.00. The lowest BCUT2D eigenvalue weighted by Gasteiger charge is -2.08. The highest BCUT2D eigenvalue weighted by molar-refractivity contribution is 6.08. The van der Waals surface area contributed by atoms with Gasteiger partial charge in [0.15, 0.2) is 0 Å². The summed E-state index contributed by atoms with van der Waals surface area (Å²) < 4.78 is 49.7. The molecule has 0 aliphatic rings. The number of ketones is 1. The van der Waals surface area contributed by atoms with Crippen LogP contribution in [0.1, 0.15) is 15.9 Å². The number of hydrogen-bond donors (Lipinski definition) is 0. The standard InChI is InChI=1S/C10H4F4O/c1-2-8(15)6-4-3-5-7(9(6)11)10(12,13)14/h1,3-5H. The van der Waals surface area contributed by atoms with Crippen LogP contribution in [0.2, 0.25) is 0 Å². The Balaban J connectivity index is 3.38. The third-order valence-corrected chi connectivity index (χ3v) is 1.68. The molecule has 1 nitrogen and oxygen atoms in total. The molecule has 0 N–H and O–H groups in total. The van der Waals surface area contributed by atoms with Gasteiger partial charge in [-0.2, -0.15) is 13.2 Å². The summed E-state index contributed by atoms with van der Waals surface area (Å²) in [5, 5.41) is 0. The number of halogens is 4. The van der Waals surface area contributed by atoms with Crippen LogP contribution >= 0.6 is 0 Å². The van der Waals surface area contributed by atoms with Crippen LogP contribution in [-0.2, 0) is 6.18 Å². The van der Waals surface area contributed by atoms with Gasteiger partial charge in [0, 0.05) is 0 Å². The number of hydrogen-bond acceptors (Lipinski definition) is 1. The topological polar surface area (TPSA) is 17.1 Å². The first-order valence-corrected chi connectivity index (χ1v) is 3.74. The van der Waals surface area contributed by atoms with Crippen LogP contribution < -0.4 is 0 Å². The van der Waals surface area contributed by atoms with Gasteiger partial charge in [-0.25, -0.2) is 4.39 Å². The Labute approximate surface area is 82.7 Å². The summed E-state index contributed by atoms with van der Waals surface area (Å²) >= 11 is 0. The maximum atomic E-state index is 13.2. The van der Waals surface area contributed by atoms with E-state index in [1.165, 1.54) is 0 Å². The zero-order chi connectivity index (χ0) is 11.6. The van der Waals surface area contributed by atoms with Crippen LogP contribution in [0.4, 0.5) is 17.6 Å². The molecule has 1 rings (SSSR count). The molecule has 0 aromatic heterocycles. The predicted octanol–water partition coefficient (Wildman–Crippen LogP) is 2.66. The highest BCUT2D eigenvalue weighted by Crippen LogP contribution is 2.32. The monoisotopic (exact) mass is 216 g/mol. The zero-order valence-electron chi connectivity index (χ0n) is 7.23. The van der Waals surface area contributed by atoms with Gasteiger partial charge in [-0.05, 0) is 18.1 Å². The van der Waals surface area contributed by atoms with E-state index in [0.29, 0.717) is 6.07 Å². The Kier molecular flexibility index (Phi) is 2.80. The quantitative estimate of drug-likeness (QED) is 0.305. The molecule has 0 heterocycles. The van der Waals surface area contributed by atoms with Crippen molar-refractivity contribution >= 4 is 5.78 Å². The molecule has 5 heteroatoms. The summed E-state index contributed by atoms with van der Waals surface area (Å²) in [5.74, 6) is -1.19. The van der Waals surface area contributed by atoms with E-state index in [-0.39, 0.29) is 0 Å². The van der Waals surface area contributed by atoms with Gasteiger partial charge >= 0.3 is 6.18 Å². The molecule has 0 spiro atoms. The lowest BCUT2D eigenvalue weighted by molar-refractivity contribution is -0.140. The largest absolute Gasteiger partial charge is 0.419 e. The second-order valence-corrected chi connectivity index (χ2v) is 2.64. The van der Waals surface area contributed by atoms with E-state index in [1.54, 1.807) is 5.92 Å². The number of benzene rings is 1. The van der Waals surface area contributed by atoms with E-state index < -0.39 is 28.9 Å². The van der Waals surface area contributed by atoms with Crippen molar-refractivity contribution in [3.8, 4) is 12.3 Å². The molecule has 0 radical (unpaired) electrons. The van der Waals surface area contributed by atoms with Crippen molar-refractivity contribution in [2.45, 2.75) is 6.18 Å². The van der Waals surface area contributed by atoms with E-state index in [2.05, 4.69) is 6.42 Å². The van der Waals surface area contributed by atoms with Crippen molar-refractivity contribution < 1.29 is 22.4 Å². The Bertz CT molecular complexity index is 440. The van der Waals surface area contributed by atoms with Crippen molar-refractivity contribution in [1.29, 1.82) is 0 Å². The van der Waals surface area contributed by atoms with Crippen LogP contribution in [-0.4, -0.2) is 5.78 Å². The molecule has 1 aromatic rings. The average molecular weight is 216 g/mol. The van der Waals surface area contributed by atoms with Gasteiger partial charge in [-0.1, -0.05) is 6.07 Å². The van der Waals surface area contributed by atoms with Crippen molar-refractivity contribution in [1.82, 2.24) is 0 Å². The number of carbonyl (C=O) groups excluding carboxylic acids is 1. The van der Waals surface area contributed by atoms with Crippen molar-refractivity contribution in [3.63, 3.8) is 0 Å². The van der Waals surface area contributed by atoms with E-state index in [1.807, 2.05) is 0 Å². The maximum absolute atomic E-state index is 13.2. The first-order chi connectivity index (χ1) is 6.88. The number of rotatable bonds is 1. The second-order valence-electron chi connectivity index (χ2n) is 2.64. The summed E-state index contributed by atoms with van der Waals surface area (Å²) in [6, 6.07) is 2.38. The molecule has 0 saturated carbocycles. The molecule has 0 amide bonds. The average Bonchev–Trinajstić information content (AvgIpc) is 2.15.